The van der Waals surface area contributed by atoms with Crippen molar-refractivity contribution in [2.24, 2.45) is 5.92 Å². The Morgan fingerprint density at radius 2 is 2.18 bits per heavy atom. The quantitative estimate of drug-likeness (QED) is 0.529. The van der Waals surface area contributed by atoms with Gasteiger partial charge in [-0.05, 0) is 25.7 Å². The molecular weight excluding hydrogens is 140 g/mol. The highest BCUT2D eigenvalue weighted by Gasteiger charge is 2.34. The van der Waals surface area contributed by atoms with Crippen LogP contribution in [-0.4, -0.2) is 18.0 Å². The Balaban J connectivity index is 2.05. The van der Waals surface area contributed by atoms with E-state index in [1.165, 1.54) is 0 Å². The molecule has 11 heavy (non-hydrogen) atoms. The Labute approximate surface area is 66.9 Å². The first-order valence-electron chi connectivity index (χ1n) is 4.41. The van der Waals surface area contributed by atoms with Gasteiger partial charge in [0.25, 0.3) is 0 Å². The third kappa shape index (κ3) is 1.45. The number of carbonyl (C=O) groups excluding carboxylic acids is 1. The fraction of sp³-hybridized carbons (Fsp3) is 0.889. The zero-order chi connectivity index (χ0) is 7.84. The van der Waals surface area contributed by atoms with E-state index in [-0.39, 0.29) is 6.10 Å². The lowest BCUT2D eigenvalue weighted by Gasteiger charge is -2.37. The molecule has 3 atom stereocenters. The molecule has 0 radical (unpaired) electrons. The van der Waals surface area contributed by atoms with E-state index in [0.717, 1.165) is 19.3 Å². The van der Waals surface area contributed by atoms with Crippen molar-refractivity contribution in [3.05, 3.63) is 0 Å². The summed E-state index contributed by atoms with van der Waals surface area (Å²) in [5.74, 6) is 1.03. The maximum atomic E-state index is 11.1. The van der Waals surface area contributed by atoms with Gasteiger partial charge in [-0.15, -0.1) is 0 Å². The Kier molecular flexibility index (Phi) is 1.72. The van der Waals surface area contributed by atoms with E-state index in [2.05, 4.69) is 6.92 Å². The average Bonchev–Trinajstić information content (AvgIpc) is 1.82. The Bertz CT molecular complexity index is 156. The molecule has 1 aliphatic heterocycles. The fourth-order valence-electron chi connectivity index (χ4n) is 2.33. The van der Waals surface area contributed by atoms with Crippen molar-refractivity contribution in [1.29, 1.82) is 0 Å². The van der Waals surface area contributed by atoms with Gasteiger partial charge < -0.3 is 4.74 Å². The lowest BCUT2D eigenvalue weighted by Crippen LogP contribution is -2.38. The van der Waals surface area contributed by atoms with Crippen molar-refractivity contribution in [1.82, 2.24) is 0 Å². The molecule has 1 aliphatic carbocycles. The van der Waals surface area contributed by atoms with Crippen LogP contribution < -0.4 is 0 Å². The lowest BCUT2D eigenvalue weighted by molar-refractivity contribution is -0.136. The van der Waals surface area contributed by atoms with Crippen molar-refractivity contribution in [3.63, 3.8) is 0 Å². The van der Waals surface area contributed by atoms with Crippen LogP contribution in [0.15, 0.2) is 0 Å². The van der Waals surface area contributed by atoms with Gasteiger partial charge in [0.2, 0.25) is 0 Å². The highest BCUT2D eigenvalue weighted by Crippen LogP contribution is 2.33. The number of fused-ring (bicyclic) bond motifs is 2. The predicted molar refractivity (Wildman–Crippen MR) is 41.3 cm³/mol. The number of hydrogen-bond acceptors (Lipinski definition) is 2. The molecule has 0 amide bonds. The zero-order valence-corrected chi connectivity index (χ0v) is 6.88. The maximum Gasteiger partial charge on any atom is 0.135 e. The SMILES string of the molecule is C[C@@H]1C[C@H]2CC(=O)C[C@H](C2)O1. The van der Waals surface area contributed by atoms with Crippen LogP contribution in [0.1, 0.15) is 32.6 Å². The average molecular weight is 154 g/mol. The van der Waals surface area contributed by atoms with Gasteiger partial charge in [-0.1, -0.05) is 0 Å². The van der Waals surface area contributed by atoms with Crippen LogP contribution in [0.3, 0.4) is 0 Å². The summed E-state index contributed by atoms with van der Waals surface area (Å²) in [6.07, 6.45) is 4.32. The van der Waals surface area contributed by atoms with E-state index in [1.807, 2.05) is 0 Å². The molecule has 1 heterocycles. The number of ketones is 1. The van der Waals surface area contributed by atoms with Crippen LogP contribution in [0.5, 0.6) is 0 Å². The van der Waals surface area contributed by atoms with E-state index in [9.17, 15) is 4.79 Å². The highest BCUT2D eigenvalue weighted by molar-refractivity contribution is 5.80. The van der Waals surface area contributed by atoms with Crippen LogP contribution in [0.4, 0.5) is 0 Å². The van der Waals surface area contributed by atoms with Gasteiger partial charge in [-0.25, -0.2) is 0 Å². The molecule has 2 rings (SSSR count). The summed E-state index contributed by atoms with van der Waals surface area (Å²) in [7, 11) is 0. The van der Waals surface area contributed by atoms with Crippen molar-refractivity contribution in [2.75, 3.05) is 0 Å². The fourth-order valence-corrected chi connectivity index (χ4v) is 2.33. The summed E-state index contributed by atoms with van der Waals surface area (Å²) in [5.41, 5.74) is 0. The molecule has 0 spiro atoms. The molecule has 62 valence electrons. The number of rotatable bonds is 0. The molecule has 0 aromatic rings. The molecule has 2 nitrogen and oxygen atoms in total. The minimum atomic E-state index is 0.255. The van der Waals surface area contributed by atoms with E-state index < -0.39 is 0 Å². The lowest BCUT2D eigenvalue weighted by atomic mass is 9.81. The number of ether oxygens (including phenoxy) is 1. The molecule has 0 aromatic carbocycles. The summed E-state index contributed by atoms with van der Waals surface area (Å²) in [6.45, 7) is 2.11. The monoisotopic (exact) mass is 154 g/mol. The predicted octanol–water partition coefficient (Wildman–Crippen LogP) is 1.53. The second-order valence-electron chi connectivity index (χ2n) is 3.85. The second-order valence-corrected chi connectivity index (χ2v) is 3.85. The van der Waals surface area contributed by atoms with Crippen LogP contribution >= 0.6 is 0 Å². The Morgan fingerprint density at radius 3 is 2.91 bits per heavy atom. The summed E-state index contributed by atoms with van der Waals surface area (Å²) in [4.78, 5) is 11.1. The first-order valence-corrected chi connectivity index (χ1v) is 4.41. The Hall–Kier alpha value is -0.370. The number of hydrogen-bond donors (Lipinski definition) is 0. The molecule has 0 unspecified atom stereocenters. The Morgan fingerprint density at radius 1 is 1.36 bits per heavy atom. The van der Waals surface area contributed by atoms with Gasteiger partial charge in [-0.2, -0.15) is 0 Å². The van der Waals surface area contributed by atoms with Crippen molar-refractivity contribution < 1.29 is 9.53 Å². The normalized spacial score (nSPS) is 44.1. The van der Waals surface area contributed by atoms with E-state index in [4.69, 9.17) is 4.74 Å². The molecule has 2 aliphatic rings. The minimum Gasteiger partial charge on any atom is -0.375 e. The number of carbonyl (C=O) groups is 1. The smallest absolute Gasteiger partial charge is 0.135 e. The molecule has 0 aromatic heterocycles. The molecule has 1 saturated carbocycles. The molecule has 1 saturated heterocycles. The third-order valence-electron chi connectivity index (χ3n) is 2.66. The molecular formula is C9H14O2. The van der Waals surface area contributed by atoms with Crippen molar-refractivity contribution >= 4 is 5.78 Å². The van der Waals surface area contributed by atoms with Gasteiger partial charge in [0.1, 0.15) is 5.78 Å². The standard InChI is InChI=1S/C9H14O2/c1-6-2-7-3-8(10)5-9(4-7)11-6/h6-7,9H,2-5H2,1H3/t6-,7+,9+/m1/s1. The zero-order valence-electron chi connectivity index (χ0n) is 6.88. The van der Waals surface area contributed by atoms with E-state index in [0.29, 0.717) is 24.2 Å². The molecule has 0 N–H and O–H groups in total. The topological polar surface area (TPSA) is 26.3 Å². The minimum absolute atomic E-state index is 0.255. The van der Waals surface area contributed by atoms with Gasteiger partial charge in [0, 0.05) is 12.8 Å². The molecule has 2 bridgehead atoms. The third-order valence-corrected chi connectivity index (χ3v) is 2.66. The highest BCUT2D eigenvalue weighted by atomic mass is 16.5. The molecule has 2 heteroatoms. The van der Waals surface area contributed by atoms with Crippen molar-refractivity contribution in [2.45, 2.75) is 44.8 Å². The van der Waals surface area contributed by atoms with Crippen LogP contribution in [0.25, 0.3) is 0 Å². The molecule has 2 fully saturated rings. The largest absolute Gasteiger partial charge is 0.375 e. The van der Waals surface area contributed by atoms with Gasteiger partial charge in [0.05, 0.1) is 12.2 Å². The van der Waals surface area contributed by atoms with Gasteiger partial charge in [-0.3, -0.25) is 4.79 Å². The summed E-state index contributed by atoms with van der Waals surface area (Å²) in [6, 6.07) is 0. The summed E-state index contributed by atoms with van der Waals surface area (Å²) < 4.78 is 5.61. The first kappa shape index (κ1) is 7.29. The summed E-state index contributed by atoms with van der Waals surface area (Å²) in [5, 5.41) is 0. The van der Waals surface area contributed by atoms with E-state index in [1.54, 1.807) is 0 Å². The second kappa shape index (κ2) is 2.59. The van der Waals surface area contributed by atoms with Gasteiger partial charge in [0.15, 0.2) is 0 Å². The van der Waals surface area contributed by atoms with Gasteiger partial charge >= 0.3 is 0 Å². The summed E-state index contributed by atoms with van der Waals surface area (Å²) >= 11 is 0. The number of Topliss-reactive ketones (excluding diaryl/α,β-unsaturated/α-hetero) is 1. The van der Waals surface area contributed by atoms with Crippen LogP contribution in [-0.2, 0) is 9.53 Å². The van der Waals surface area contributed by atoms with Crippen LogP contribution in [0, 0.1) is 5.92 Å². The van der Waals surface area contributed by atoms with E-state index >= 15 is 0 Å². The first-order chi connectivity index (χ1) is 5.24. The van der Waals surface area contributed by atoms with Crippen LogP contribution in [0.2, 0.25) is 0 Å². The van der Waals surface area contributed by atoms with Crippen molar-refractivity contribution in [3.8, 4) is 0 Å². The maximum absolute atomic E-state index is 11.1.